The molecule has 23 heavy (non-hydrogen) atoms. The molecule has 0 amide bonds. The Labute approximate surface area is 135 Å². The van der Waals surface area contributed by atoms with Gasteiger partial charge in [-0.3, -0.25) is 4.79 Å². The Hall–Kier alpha value is -2.16. The quantitative estimate of drug-likeness (QED) is 0.488. The average Bonchev–Trinajstić information content (AvgIpc) is 3.23. The summed E-state index contributed by atoms with van der Waals surface area (Å²) in [6.07, 6.45) is 5.30. The van der Waals surface area contributed by atoms with Gasteiger partial charge < -0.3 is 13.9 Å². The first-order valence-corrected chi connectivity index (χ1v) is 7.60. The van der Waals surface area contributed by atoms with Gasteiger partial charge in [-0.25, -0.2) is 4.98 Å². The molecular weight excluding hydrogens is 294 g/mol. The van der Waals surface area contributed by atoms with Gasteiger partial charge in [-0.1, -0.05) is 11.5 Å². The summed E-state index contributed by atoms with van der Waals surface area (Å²) in [6, 6.07) is 0. The third-order valence-electron chi connectivity index (χ3n) is 4.40. The predicted octanol–water partition coefficient (Wildman–Crippen LogP) is 2.75. The van der Waals surface area contributed by atoms with Gasteiger partial charge >= 0.3 is 0 Å². The highest BCUT2D eigenvalue weighted by atomic mass is 16.7. The number of carbonyl (C=O) groups is 1. The van der Waals surface area contributed by atoms with E-state index in [9.17, 15) is 4.79 Å². The first-order chi connectivity index (χ1) is 11.1. The van der Waals surface area contributed by atoms with E-state index >= 15 is 0 Å². The van der Waals surface area contributed by atoms with Crippen LogP contribution in [0.1, 0.15) is 33.0 Å². The molecule has 120 valence electrons. The Balaban J connectivity index is 2.02. The molecule has 1 saturated heterocycles. The van der Waals surface area contributed by atoms with E-state index < -0.39 is 5.79 Å². The Bertz CT molecular complexity index is 725. The standard InChI is InChI=1S/C18H19NO4/c1-4-5-14(20)8-12(2)15-9-18(22-6-7-23-18)13(3)17(15)16-10-19-11-21-16/h8,10-11,15H,6-7,9H2,1-3H3/b12-8-/t15-/m1/s1. The fourth-order valence-electron chi connectivity index (χ4n) is 3.34. The van der Waals surface area contributed by atoms with Gasteiger partial charge in [0, 0.05) is 17.9 Å². The van der Waals surface area contributed by atoms with E-state index in [1.165, 1.54) is 6.39 Å². The van der Waals surface area contributed by atoms with Crippen molar-refractivity contribution in [2.75, 3.05) is 13.2 Å². The molecule has 1 atom stereocenters. The summed E-state index contributed by atoms with van der Waals surface area (Å²) in [6.45, 7) is 6.70. The smallest absolute Gasteiger partial charge is 0.228 e. The van der Waals surface area contributed by atoms with Gasteiger partial charge in [0.1, 0.15) is 0 Å². The fourth-order valence-corrected chi connectivity index (χ4v) is 3.34. The molecule has 1 fully saturated rings. The average molecular weight is 313 g/mol. The van der Waals surface area contributed by atoms with Crippen LogP contribution in [0.25, 0.3) is 5.57 Å². The number of ether oxygens (including phenoxy) is 2. The minimum absolute atomic E-state index is 0.0244. The Morgan fingerprint density at radius 2 is 2.17 bits per heavy atom. The van der Waals surface area contributed by atoms with Crippen LogP contribution in [0.4, 0.5) is 0 Å². The number of nitrogens with zero attached hydrogens (tertiary/aromatic N) is 1. The molecule has 1 spiro atoms. The van der Waals surface area contributed by atoms with Crippen molar-refractivity contribution in [3.05, 3.63) is 35.6 Å². The molecule has 1 aliphatic heterocycles. The van der Waals surface area contributed by atoms with Crippen molar-refractivity contribution in [1.29, 1.82) is 0 Å². The highest BCUT2D eigenvalue weighted by Gasteiger charge is 2.49. The zero-order valence-corrected chi connectivity index (χ0v) is 13.5. The second kappa shape index (κ2) is 6.15. The van der Waals surface area contributed by atoms with Gasteiger partial charge in [0.15, 0.2) is 17.9 Å². The Morgan fingerprint density at radius 1 is 1.43 bits per heavy atom. The van der Waals surface area contributed by atoms with Crippen LogP contribution in [0.3, 0.4) is 0 Å². The Morgan fingerprint density at radius 3 is 2.78 bits per heavy atom. The maximum Gasteiger partial charge on any atom is 0.228 e. The highest BCUT2D eigenvalue weighted by Crippen LogP contribution is 2.51. The van der Waals surface area contributed by atoms with Crippen LogP contribution in [0.2, 0.25) is 0 Å². The van der Waals surface area contributed by atoms with Crippen LogP contribution in [-0.4, -0.2) is 29.8 Å². The summed E-state index contributed by atoms with van der Waals surface area (Å²) in [7, 11) is 0. The molecule has 5 heteroatoms. The molecule has 3 rings (SSSR count). The third kappa shape index (κ3) is 2.76. The fraction of sp³-hybridized carbons (Fsp3) is 0.444. The molecule has 0 unspecified atom stereocenters. The topological polar surface area (TPSA) is 61.6 Å². The molecule has 0 saturated carbocycles. The van der Waals surface area contributed by atoms with Gasteiger partial charge in [-0.2, -0.15) is 0 Å². The zero-order chi connectivity index (χ0) is 16.4. The maximum absolute atomic E-state index is 11.8. The molecule has 5 nitrogen and oxygen atoms in total. The van der Waals surface area contributed by atoms with Crippen LogP contribution in [0.5, 0.6) is 0 Å². The van der Waals surface area contributed by atoms with Gasteiger partial charge in [0.2, 0.25) is 5.78 Å². The van der Waals surface area contributed by atoms with Gasteiger partial charge in [-0.05, 0) is 38.3 Å². The normalized spacial score (nSPS) is 23.3. The number of ketones is 1. The van der Waals surface area contributed by atoms with Crippen molar-refractivity contribution in [2.45, 2.75) is 33.0 Å². The minimum atomic E-state index is -0.721. The SMILES string of the molecule is CC#CC(=O)/C=C(/C)[C@H]1CC2(OCCO2)C(C)=C1c1cnco1. The van der Waals surface area contributed by atoms with Crippen LogP contribution in [0.15, 0.2) is 34.2 Å². The number of hydrogen-bond acceptors (Lipinski definition) is 5. The number of oxazole rings is 1. The molecule has 2 aliphatic rings. The second-order valence-electron chi connectivity index (χ2n) is 5.74. The first-order valence-electron chi connectivity index (χ1n) is 7.60. The van der Waals surface area contributed by atoms with Crippen LogP contribution in [0, 0.1) is 17.8 Å². The number of allylic oxidation sites excluding steroid dienone is 3. The monoisotopic (exact) mass is 313 g/mol. The predicted molar refractivity (Wildman–Crippen MR) is 84.1 cm³/mol. The summed E-state index contributed by atoms with van der Waals surface area (Å²) in [4.78, 5) is 15.8. The molecule has 1 aromatic rings. The van der Waals surface area contributed by atoms with E-state index in [0.717, 1.165) is 16.7 Å². The van der Waals surface area contributed by atoms with Crippen molar-refractivity contribution in [2.24, 2.45) is 5.92 Å². The summed E-state index contributed by atoms with van der Waals surface area (Å²) < 4.78 is 17.3. The molecule has 0 bridgehead atoms. The van der Waals surface area contributed by atoms with Crippen molar-refractivity contribution in [3.63, 3.8) is 0 Å². The van der Waals surface area contributed by atoms with Crippen molar-refractivity contribution < 1.29 is 18.7 Å². The van der Waals surface area contributed by atoms with E-state index in [1.807, 2.05) is 13.8 Å². The molecule has 0 radical (unpaired) electrons. The van der Waals surface area contributed by atoms with Crippen molar-refractivity contribution >= 4 is 11.4 Å². The van der Waals surface area contributed by atoms with E-state index in [2.05, 4.69) is 16.8 Å². The van der Waals surface area contributed by atoms with Crippen molar-refractivity contribution in [1.82, 2.24) is 4.98 Å². The van der Waals surface area contributed by atoms with Gasteiger partial charge in [0.25, 0.3) is 0 Å². The first kappa shape index (κ1) is 15.7. The molecule has 2 heterocycles. The third-order valence-corrected chi connectivity index (χ3v) is 4.40. The zero-order valence-electron chi connectivity index (χ0n) is 13.5. The molecule has 0 N–H and O–H groups in total. The number of hydrogen-bond donors (Lipinski definition) is 0. The lowest BCUT2D eigenvalue weighted by Crippen LogP contribution is -2.29. The number of aromatic nitrogens is 1. The second-order valence-corrected chi connectivity index (χ2v) is 5.74. The highest BCUT2D eigenvalue weighted by molar-refractivity contribution is 6.04. The maximum atomic E-state index is 11.8. The summed E-state index contributed by atoms with van der Waals surface area (Å²) in [5, 5.41) is 0. The summed E-state index contributed by atoms with van der Waals surface area (Å²) in [5.41, 5.74) is 2.88. The van der Waals surface area contributed by atoms with Crippen LogP contribution >= 0.6 is 0 Å². The van der Waals surface area contributed by atoms with E-state index in [4.69, 9.17) is 13.9 Å². The molecular formula is C18H19NO4. The molecule has 0 aromatic carbocycles. The lowest BCUT2D eigenvalue weighted by Gasteiger charge is -2.24. The Kier molecular flexibility index (Phi) is 4.20. The lowest BCUT2D eigenvalue weighted by molar-refractivity contribution is -0.127. The summed E-state index contributed by atoms with van der Waals surface area (Å²) in [5.74, 6) is 4.91. The van der Waals surface area contributed by atoms with Gasteiger partial charge in [0.05, 0.1) is 19.4 Å². The number of rotatable bonds is 3. The largest absolute Gasteiger partial charge is 0.444 e. The minimum Gasteiger partial charge on any atom is -0.444 e. The van der Waals surface area contributed by atoms with E-state index in [-0.39, 0.29) is 11.7 Å². The van der Waals surface area contributed by atoms with Crippen LogP contribution < -0.4 is 0 Å². The van der Waals surface area contributed by atoms with Gasteiger partial charge in [-0.15, -0.1) is 0 Å². The summed E-state index contributed by atoms with van der Waals surface area (Å²) >= 11 is 0. The number of carbonyl (C=O) groups excluding carboxylic acids is 1. The van der Waals surface area contributed by atoms with E-state index in [0.29, 0.717) is 25.4 Å². The molecule has 1 aliphatic carbocycles. The van der Waals surface area contributed by atoms with Crippen molar-refractivity contribution in [3.8, 4) is 11.8 Å². The van der Waals surface area contributed by atoms with Crippen LogP contribution in [-0.2, 0) is 14.3 Å². The molecule has 1 aromatic heterocycles. The lowest BCUT2D eigenvalue weighted by atomic mass is 9.90. The van der Waals surface area contributed by atoms with E-state index in [1.54, 1.807) is 19.2 Å².